The molecule has 0 amide bonds. The highest BCUT2D eigenvalue weighted by Crippen LogP contribution is 2.21. The minimum Gasteiger partial charge on any atom is -1.00 e. The summed E-state index contributed by atoms with van der Waals surface area (Å²) in [4.78, 5) is 3.40. The lowest BCUT2D eigenvalue weighted by Gasteiger charge is -2.06. The van der Waals surface area contributed by atoms with Crippen molar-refractivity contribution in [3.63, 3.8) is 0 Å². The van der Waals surface area contributed by atoms with Gasteiger partial charge in [-0.05, 0) is 17.2 Å². The van der Waals surface area contributed by atoms with Gasteiger partial charge >= 0.3 is 0 Å². The summed E-state index contributed by atoms with van der Waals surface area (Å²) in [5.74, 6) is 4.30. The maximum atomic E-state index is 3.40. The van der Waals surface area contributed by atoms with Crippen LogP contribution in [-0.2, 0) is 23.0 Å². The standard InChI is InChI=1S/C15H15NS2.BrH/c1-3-13-4-2-12(1)8-17-10-14-5-6-15(16-7-14)11-18-9-13;/h1-7H,8-11H2;1H. The molecule has 0 atom stereocenters. The average Bonchev–Trinajstić information content (AvgIpc) is 2.43. The molecule has 0 saturated carbocycles. The lowest BCUT2D eigenvalue weighted by Crippen LogP contribution is -3.00. The molecule has 0 aliphatic carbocycles. The van der Waals surface area contributed by atoms with Crippen LogP contribution in [0.4, 0.5) is 0 Å². The van der Waals surface area contributed by atoms with Gasteiger partial charge in [-0.1, -0.05) is 24.3 Å². The van der Waals surface area contributed by atoms with Crippen LogP contribution in [0, 0.1) is 0 Å². The molecule has 2 aromatic rings. The first kappa shape index (κ1) is 14.9. The van der Waals surface area contributed by atoms with E-state index in [2.05, 4.69) is 47.6 Å². The molecule has 5 heterocycles. The molecule has 4 aliphatic rings. The number of rotatable bonds is 0. The van der Waals surface area contributed by atoms with Gasteiger partial charge in [0.25, 0.3) is 0 Å². The van der Waals surface area contributed by atoms with Gasteiger partial charge in [0.1, 0.15) is 0 Å². The fourth-order valence-electron chi connectivity index (χ4n) is 1.97. The molecule has 1 aromatic heterocycles. The number of hydrogen-bond acceptors (Lipinski definition) is 2. The Bertz CT molecular complexity index is 415. The minimum atomic E-state index is 0. The van der Waals surface area contributed by atoms with Crippen LogP contribution in [0.15, 0.2) is 42.6 Å². The van der Waals surface area contributed by atoms with E-state index in [-0.39, 0.29) is 17.0 Å². The van der Waals surface area contributed by atoms with E-state index in [1.54, 1.807) is 0 Å². The van der Waals surface area contributed by atoms with E-state index < -0.39 is 0 Å². The highest BCUT2D eigenvalue weighted by Gasteiger charge is 2.05. The molecule has 1 aromatic carbocycles. The number of thioether (sulfide) groups is 2. The van der Waals surface area contributed by atoms with E-state index in [9.17, 15) is 0 Å². The Hall–Kier alpha value is -0.450. The average molecular weight is 354 g/mol. The first-order chi connectivity index (χ1) is 8.90. The van der Waals surface area contributed by atoms with Gasteiger partial charge in [-0.15, -0.1) is 11.8 Å². The summed E-state index contributed by atoms with van der Waals surface area (Å²) in [6.07, 6.45) is 2.15. The van der Waals surface area contributed by atoms with Crippen molar-refractivity contribution in [2.45, 2.75) is 23.0 Å². The fraction of sp³-hybridized carbons (Fsp3) is 0.267. The van der Waals surface area contributed by atoms with Crippen LogP contribution in [0.25, 0.3) is 0 Å². The zero-order chi connectivity index (χ0) is 12.2. The van der Waals surface area contributed by atoms with Crippen molar-refractivity contribution in [1.82, 2.24) is 0 Å². The highest BCUT2D eigenvalue weighted by molar-refractivity contribution is 7.97. The largest absolute Gasteiger partial charge is 1.00 e. The van der Waals surface area contributed by atoms with Gasteiger partial charge in [0.15, 0.2) is 11.9 Å². The number of nitrogens with one attached hydrogen (secondary N) is 1. The van der Waals surface area contributed by atoms with Crippen LogP contribution in [0.2, 0.25) is 0 Å². The van der Waals surface area contributed by atoms with Gasteiger partial charge in [-0.3, -0.25) is 0 Å². The number of H-pyrrole nitrogens is 1. The molecule has 0 saturated heterocycles. The van der Waals surface area contributed by atoms with E-state index in [1.807, 2.05) is 23.5 Å². The van der Waals surface area contributed by atoms with Crippen LogP contribution in [-0.4, -0.2) is 0 Å². The third-order valence-electron chi connectivity index (χ3n) is 3.03. The van der Waals surface area contributed by atoms with Crippen molar-refractivity contribution in [3.05, 3.63) is 65.0 Å². The van der Waals surface area contributed by atoms with E-state index in [4.69, 9.17) is 0 Å². The predicted molar refractivity (Wildman–Crippen MR) is 79.4 cm³/mol. The molecule has 4 aliphatic heterocycles. The van der Waals surface area contributed by atoms with Crippen molar-refractivity contribution in [3.8, 4) is 0 Å². The Balaban J connectivity index is 0.00000133. The van der Waals surface area contributed by atoms with E-state index in [0.717, 1.165) is 23.0 Å². The molecule has 0 fully saturated rings. The summed E-state index contributed by atoms with van der Waals surface area (Å²) < 4.78 is 0. The Kier molecular flexibility index (Phi) is 5.79. The molecular formula is C15H16BrNS2. The molecule has 6 rings (SSSR count). The summed E-state index contributed by atoms with van der Waals surface area (Å²) in [7, 11) is 0. The number of aromatic nitrogens is 1. The highest BCUT2D eigenvalue weighted by atomic mass is 79.9. The monoisotopic (exact) mass is 353 g/mol. The molecule has 0 unspecified atom stereocenters. The van der Waals surface area contributed by atoms with E-state index in [0.29, 0.717) is 0 Å². The minimum absolute atomic E-state index is 0. The van der Waals surface area contributed by atoms with Gasteiger partial charge < -0.3 is 17.0 Å². The summed E-state index contributed by atoms with van der Waals surface area (Å²) in [5.41, 5.74) is 5.53. The zero-order valence-electron chi connectivity index (χ0n) is 10.6. The second-order valence-electron chi connectivity index (χ2n) is 4.52. The second kappa shape index (κ2) is 7.36. The third-order valence-corrected chi connectivity index (χ3v) is 5.16. The van der Waals surface area contributed by atoms with Gasteiger partial charge in [-0.25, -0.2) is 4.98 Å². The molecule has 1 nitrogen and oxygen atoms in total. The molecular weight excluding hydrogens is 338 g/mol. The molecule has 100 valence electrons. The normalized spacial score (nSPS) is 14.7. The number of halogens is 1. The zero-order valence-corrected chi connectivity index (χ0v) is 13.8. The van der Waals surface area contributed by atoms with E-state index >= 15 is 0 Å². The van der Waals surface area contributed by atoms with Crippen molar-refractivity contribution >= 4 is 23.5 Å². The molecule has 0 radical (unpaired) electrons. The third kappa shape index (κ3) is 4.26. The topological polar surface area (TPSA) is 14.1 Å². The summed E-state index contributed by atoms with van der Waals surface area (Å²) in [5, 5.41) is 0. The van der Waals surface area contributed by atoms with Crippen LogP contribution >= 0.6 is 23.5 Å². The number of aromatic amines is 1. The fourth-order valence-corrected chi connectivity index (χ4v) is 3.84. The summed E-state index contributed by atoms with van der Waals surface area (Å²) in [6.45, 7) is 0. The summed E-state index contributed by atoms with van der Waals surface area (Å²) >= 11 is 3.93. The Morgan fingerprint density at radius 2 is 1.21 bits per heavy atom. The van der Waals surface area contributed by atoms with Crippen molar-refractivity contribution in [1.29, 1.82) is 0 Å². The molecule has 1 N–H and O–H groups in total. The smallest absolute Gasteiger partial charge is 0.189 e. The predicted octanol–water partition coefficient (Wildman–Crippen LogP) is 0.685. The maximum Gasteiger partial charge on any atom is 0.189 e. The van der Waals surface area contributed by atoms with E-state index in [1.165, 1.54) is 22.4 Å². The van der Waals surface area contributed by atoms with Gasteiger partial charge in [0, 0.05) is 28.9 Å². The van der Waals surface area contributed by atoms with Crippen molar-refractivity contribution < 1.29 is 22.0 Å². The van der Waals surface area contributed by atoms with Crippen LogP contribution < -0.4 is 22.0 Å². The molecule has 0 spiro atoms. The Labute approximate surface area is 133 Å². The van der Waals surface area contributed by atoms with Crippen LogP contribution in [0.5, 0.6) is 0 Å². The van der Waals surface area contributed by atoms with Crippen molar-refractivity contribution in [2.24, 2.45) is 0 Å². The SMILES string of the molecule is [Br-].c1cc2ccc1CSCc1ccc([nH+]c1)CSC2. The number of benzene rings is 1. The molecule has 4 heteroatoms. The number of pyridine rings is 1. The first-order valence-electron chi connectivity index (χ1n) is 6.13. The summed E-state index contributed by atoms with van der Waals surface area (Å²) in [6, 6.07) is 13.5. The van der Waals surface area contributed by atoms with Crippen LogP contribution in [0.1, 0.15) is 22.4 Å². The first-order valence-corrected chi connectivity index (χ1v) is 8.44. The lowest BCUT2D eigenvalue weighted by molar-refractivity contribution is -0.388. The van der Waals surface area contributed by atoms with Gasteiger partial charge in [0.2, 0.25) is 0 Å². The second-order valence-corrected chi connectivity index (χ2v) is 6.50. The van der Waals surface area contributed by atoms with Crippen molar-refractivity contribution in [2.75, 3.05) is 0 Å². The Morgan fingerprint density at radius 3 is 1.79 bits per heavy atom. The molecule has 4 bridgehead atoms. The maximum absolute atomic E-state index is 3.40. The van der Waals surface area contributed by atoms with Gasteiger partial charge in [0.05, 0.1) is 5.75 Å². The van der Waals surface area contributed by atoms with Gasteiger partial charge in [-0.2, -0.15) is 11.8 Å². The molecule has 19 heavy (non-hydrogen) atoms. The number of hydrogen-bond donors (Lipinski definition) is 0. The quantitative estimate of drug-likeness (QED) is 0.691. The Morgan fingerprint density at radius 1 is 0.684 bits per heavy atom. The lowest BCUT2D eigenvalue weighted by atomic mass is 10.2. The van der Waals surface area contributed by atoms with Crippen LogP contribution in [0.3, 0.4) is 0 Å².